The molecule has 0 saturated carbocycles. The molecule has 1 aromatic heterocycles. The fourth-order valence-corrected chi connectivity index (χ4v) is 7.25. The third kappa shape index (κ3) is 5.73. The minimum Gasteiger partial charge on any atom is -0.489 e. The molecule has 0 fully saturated rings. The highest BCUT2D eigenvalue weighted by Gasteiger charge is 2.35. The van der Waals surface area contributed by atoms with Gasteiger partial charge < -0.3 is 9.47 Å². The second-order valence-electron chi connectivity index (χ2n) is 9.31. The molecule has 0 bridgehead atoms. The number of fused-ring (bicyclic) bond motifs is 1. The van der Waals surface area contributed by atoms with Crippen LogP contribution in [0.2, 0.25) is 0 Å². The molecule has 40 heavy (non-hydrogen) atoms. The molecule has 0 radical (unpaired) electrons. The summed E-state index contributed by atoms with van der Waals surface area (Å²) in [5.41, 5.74) is 2.94. The van der Waals surface area contributed by atoms with Crippen molar-refractivity contribution in [2.75, 3.05) is 6.61 Å². The Morgan fingerprint density at radius 3 is 2.45 bits per heavy atom. The van der Waals surface area contributed by atoms with Crippen molar-refractivity contribution in [2.45, 2.75) is 32.9 Å². The molecule has 3 aromatic carbocycles. The van der Waals surface area contributed by atoms with Gasteiger partial charge in [0.15, 0.2) is 4.80 Å². The second-order valence-corrected chi connectivity index (χ2v) is 12.4. The van der Waals surface area contributed by atoms with Crippen LogP contribution in [0.1, 0.15) is 43.5 Å². The first kappa shape index (κ1) is 28.5. The Hall–Kier alpha value is -3.02. The Labute approximate surface area is 258 Å². The Kier molecular flexibility index (Phi) is 8.72. The summed E-state index contributed by atoms with van der Waals surface area (Å²) in [5.74, 6) is 0.212. The summed E-state index contributed by atoms with van der Waals surface area (Å²) in [6.07, 6.45) is 1.80. The molecule has 1 aliphatic heterocycles. The summed E-state index contributed by atoms with van der Waals surface area (Å²) in [6.45, 7) is 5.91. The molecule has 0 amide bonds. The van der Waals surface area contributed by atoms with E-state index >= 15 is 0 Å². The largest absolute Gasteiger partial charge is 0.489 e. The van der Waals surface area contributed by atoms with Gasteiger partial charge in [-0.25, -0.2) is 9.79 Å². The van der Waals surface area contributed by atoms with Gasteiger partial charge in [0, 0.05) is 15.6 Å². The zero-order valence-electron chi connectivity index (χ0n) is 22.1. The fourth-order valence-electron chi connectivity index (χ4n) is 4.58. The Morgan fingerprint density at radius 1 is 1.12 bits per heavy atom. The average molecular weight is 729 g/mol. The Balaban J connectivity index is 1.82. The molecule has 5 rings (SSSR count). The SMILES string of the molecule is CCOC(=O)C1=C(c2ccccc2)N=c2s/c(=C\c3cc(Br)cc(I)c3OC(C)C)c(=O)n2[C@@H]1c1ccccc1. The van der Waals surface area contributed by atoms with E-state index in [0.29, 0.717) is 26.4 Å². The summed E-state index contributed by atoms with van der Waals surface area (Å²) in [4.78, 5) is 33.1. The maximum atomic E-state index is 14.1. The first-order valence-electron chi connectivity index (χ1n) is 12.8. The number of halogens is 2. The highest BCUT2D eigenvalue weighted by atomic mass is 127. The van der Waals surface area contributed by atoms with E-state index in [1.54, 1.807) is 11.5 Å². The number of hydrogen-bond donors (Lipinski definition) is 0. The Bertz CT molecular complexity index is 1780. The zero-order valence-corrected chi connectivity index (χ0v) is 26.6. The number of carbonyl (C=O) groups excluding carboxylic acids is 1. The molecule has 0 N–H and O–H groups in total. The van der Waals surface area contributed by atoms with Crippen LogP contribution >= 0.6 is 49.9 Å². The van der Waals surface area contributed by atoms with E-state index in [2.05, 4.69) is 38.5 Å². The minimum atomic E-state index is -0.706. The molecule has 4 aromatic rings. The standard InChI is InChI=1S/C31H26BrIN2O4S/c1-4-38-30(37)25-26(19-11-7-5-8-12-19)34-31-35(27(25)20-13-9-6-10-14-20)29(36)24(40-31)16-21-15-22(32)17-23(33)28(21)39-18(2)3/h5-18,27H,4H2,1-3H3/b24-16-/t27-/m1/s1. The lowest BCUT2D eigenvalue weighted by atomic mass is 9.93. The molecule has 204 valence electrons. The van der Waals surface area contributed by atoms with Crippen molar-refractivity contribution < 1.29 is 14.3 Å². The Morgan fingerprint density at radius 2 is 1.80 bits per heavy atom. The quantitative estimate of drug-likeness (QED) is 0.171. The van der Waals surface area contributed by atoms with Crippen LogP contribution < -0.4 is 19.6 Å². The van der Waals surface area contributed by atoms with E-state index in [0.717, 1.165) is 24.7 Å². The summed E-state index contributed by atoms with van der Waals surface area (Å²) in [7, 11) is 0. The fraction of sp³-hybridized carbons (Fsp3) is 0.194. The van der Waals surface area contributed by atoms with Crippen LogP contribution in [0, 0.1) is 3.57 Å². The smallest absolute Gasteiger partial charge is 0.338 e. The molecule has 0 saturated heterocycles. The zero-order chi connectivity index (χ0) is 28.4. The molecule has 6 nitrogen and oxygen atoms in total. The van der Waals surface area contributed by atoms with Gasteiger partial charge in [-0.15, -0.1) is 0 Å². The van der Waals surface area contributed by atoms with Crippen LogP contribution in [0.25, 0.3) is 11.8 Å². The number of ether oxygens (including phenoxy) is 2. The van der Waals surface area contributed by atoms with Gasteiger partial charge in [0.2, 0.25) is 0 Å². The van der Waals surface area contributed by atoms with E-state index in [4.69, 9.17) is 14.5 Å². The number of rotatable bonds is 7. The van der Waals surface area contributed by atoms with Crippen LogP contribution in [0.15, 0.2) is 92.6 Å². The van der Waals surface area contributed by atoms with Crippen LogP contribution in [0.4, 0.5) is 0 Å². The van der Waals surface area contributed by atoms with E-state index in [1.165, 1.54) is 11.3 Å². The minimum absolute atomic E-state index is 0.0401. The lowest BCUT2D eigenvalue weighted by Crippen LogP contribution is -2.40. The van der Waals surface area contributed by atoms with E-state index in [-0.39, 0.29) is 18.3 Å². The van der Waals surface area contributed by atoms with E-state index in [9.17, 15) is 9.59 Å². The number of benzene rings is 3. The number of esters is 1. The molecule has 0 unspecified atom stereocenters. The van der Waals surface area contributed by atoms with Crippen LogP contribution in [-0.2, 0) is 9.53 Å². The van der Waals surface area contributed by atoms with Gasteiger partial charge in [-0.2, -0.15) is 0 Å². The molecule has 1 aliphatic rings. The van der Waals surface area contributed by atoms with Crippen LogP contribution in [-0.4, -0.2) is 23.2 Å². The molecule has 0 aliphatic carbocycles. The highest BCUT2D eigenvalue weighted by Crippen LogP contribution is 2.35. The summed E-state index contributed by atoms with van der Waals surface area (Å²) >= 11 is 7.11. The lowest BCUT2D eigenvalue weighted by molar-refractivity contribution is -0.138. The van der Waals surface area contributed by atoms with Crippen molar-refractivity contribution in [3.63, 3.8) is 0 Å². The van der Waals surface area contributed by atoms with Crippen molar-refractivity contribution in [1.82, 2.24) is 4.57 Å². The number of hydrogen-bond acceptors (Lipinski definition) is 6. The van der Waals surface area contributed by atoms with Crippen LogP contribution in [0.3, 0.4) is 0 Å². The molecule has 2 heterocycles. The molecule has 0 spiro atoms. The second kappa shape index (κ2) is 12.2. The van der Waals surface area contributed by atoms with Gasteiger partial charge in [-0.05, 0) is 67.1 Å². The van der Waals surface area contributed by atoms with E-state index < -0.39 is 12.0 Å². The first-order valence-corrected chi connectivity index (χ1v) is 15.5. The summed E-state index contributed by atoms with van der Waals surface area (Å²) < 4.78 is 15.6. The molecular formula is C31H26BrIN2O4S. The highest BCUT2D eigenvalue weighted by molar-refractivity contribution is 14.1. The molecule has 1 atom stereocenters. The van der Waals surface area contributed by atoms with Gasteiger partial charge in [0.1, 0.15) is 5.75 Å². The van der Waals surface area contributed by atoms with Crippen molar-refractivity contribution in [3.8, 4) is 5.75 Å². The van der Waals surface area contributed by atoms with Crippen molar-refractivity contribution in [3.05, 3.63) is 123 Å². The number of carbonyl (C=O) groups is 1. The van der Waals surface area contributed by atoms with Gasteiger partial charge in [0.25, 0.3) is 5.56 Å². The molecular weight excluding hydrogens is 703 g/mol. The third-order valence-electron chi connectivity index (χ3n) is 6.17. The number of thiazole rings is 1. The topological polar surface area (TPSA) is 69.9 Å². The third-order valence-corrected chi connectivity index (χ3v) is 8.41. The summed E-state index contributed by atoms with van der Waals surface area (Å²) in [5, 5.41) is 0. The maximum absolute atomic E-state index is 14.1. The maximum Gasteiger partial charge on any atom is 0.338 e. The summed E-state index contributed by atoms with van der Waals surface area (Å²) in [6, 6.07) is 22.3. The van der Waals surface area contributed by atoms with Gasteiger partial charge in [0.05, 0.1) is 38.1 Å². The molecule has 9 heteroatoms. The number of aromatic nitrogens is 1. The van der Waals surface area contributed by atoms with Gasteiger partial charge >= 0.3 is 5.97 Å². The van der Waals surface area contributed by atoms with Crippen LogP contribution in [0.5, 0.6) is 5.75 Å². The predicted molar refractivity (Wildman–Crippen MR) is 170 cm³/mol. The predicted octanol–water partition coefficient (Wildman–Crippen LogP) is 6.09. The van der Waals surface area contributed by atoms with Gasteiger partial charge in [-0.1, -0.05) is 87.9 Å². The van der Waals surface area contributed by atoms with Crippen molar-refractivity contribution >= 4 is 67.6 Å². The normalized spacial score (nSPS) is 15.2. The van der Waals surface area contributed by atoms with Crippen molar-refractivity contribution in [2.24, 2.45) is 4.99 Å². The first-order chi connectivity index (χ1) is 19.3. The number of nitrogens with zero attached hydrogens (tertiary/aromatic N) is 2. The lowest BCUT2D eigenvalue weighted by Gasteiger charge is -2.25. The average Bonchev–Trinajstić information content (AvgIpc) is 3.25. The van der Waals surface area contributed by atoms with E-state index in [1.807, 2.05) is 92.7 Å². The van der Waals surface area contributed by atoms with Crippen molar-refractivity contribution in [1.29, 1.82) is 0 Å². The monoisotopic (exact) mass is 728 g/mol. The van der Waals surface area contributed by atoms with Gasteiger partial charge in [-0.3, -0.25) is 9.36 Å².